The maximum atomic E-state index is 13.4. The van der Waals surface area contributed by atoms with Crippen LogP contribution in [0, 0.1) is 5.82 Å². The Kier molecular flexibility index (Phi) is 6.52. The zero-order valence-electron chi connectivity index (χ0n) is 15.7. The molecule has 1 aromatic heterocycles. The summed E-state index contributed by atoms with van der Waals surface area (Å²) in [4.78, 5) is 24.0. The summed E-state index contributed by atoms with van der Waals surface area (Å²) >= 11 is 0. The number of methoxy groups -OCH3 is 1. The molecule has 3 aromatic rings. The van der Waals surface area contributed by atoms with E-state index in [-0.39, 0.29) is 11.3 Å². The monoisotopic (exact) mass is 394 g/mol. The first-order chi connectivity index (χ1) is 14.0. The molecule has 2 aromatic carbocycles. The summed E-state index contributed by atoms with van der Waals surface area (Å²) in [7, 11) is 1.37. The number of hydrogen-bond acceptors (Lipinski definition) is 5. The lowest BCUT2D eigenvalue weighted by Crippen LogP contribution is -2.13. The van der Waals surface area contributed by atoms with Gasteiger partial charge in [0.05, 0.1) is 25.4 Å². The van der Waals surface area contributed by atoms with Crippen LogP contribution in [0.15, 0.2) is 67.0 Å². The molecule has 0 unspecified atom stereocenters. The minimum atomic E-state index is -0.690. The van der Waals surface area contributed by atoms with Crippen molar-refractivity contribution < 1.29 is 23.5 Å². The molecule has 7 heteroatoms. The van der Waals surface area contributed by atoms with Gasteiger partial charge in [-0.3, -0.25) is 9.48 Å². The number of benzene rings is 2. The predicted molar refractivity (Wildman–Crippen MR) is 105 cm³/mol. The van der Waals surface area contributed by atoms with Gasteiger partial charge >= 0.3 is 5.97 Å². The van der Waals surface area contributed by atoms with Gasteiger partial charge < -0.3 is 9.47 Å². The molecule has 29 heavy (non-hydrogen) atoms. The van der Waals surface area contributed by atoms with Crippen molar-refractivity contribution in [3.05, 3.63) is 89.5 Å². The van der Waals surface area contributed by atoms with E-state index in [1.54, 1.807) is 23.2 Å². The normalized spacial score (nSPS) is 10.8. The minimum absolute atomic E-state index is 0.0199. The first kappa shape index (κ1) is 20.0. The van der Waals surface area contributed by atoms with Crippen LogP contribution in [0.1, 0.15) is 21.5 Å². The largest absolute Gasteiger partial charge is 0.496 e. The second kappa shape index (κ2) is 9.45. The Labute approximate surface area is 167 Å². The number of nitrogens with zero attached hydrogens (tertiary/aromatic N) is 2. The van der Waals surface area contributed by atoms with Crippen molar-refractivity contribution >= 4 is 17.8 Å². The SMILES string of the molecule is COc1ccc(F)cc1C(=O)COC(=O)/C=C/c1cnn(Cc2ccccc2)c1. The van der Waals surface area contributed by atoms with Crippen LogP contribution >= 0.6 is 0 Å². The van der Waals surface area contributed by atoms with Crippen LogP contribution in [-0.4, -0.2) is 35.2 Å². The number of ketones is 1. The molecule has 1 heterocycles. The average molecular weight is 394 g/mol. The van der Waals surface area contributed by atoms with Crippen molar-refractivity contribution in [1.82, 2.24) is 9.78 Å². The zero-order valence-corrected chi connectivity index (χ0v) is 15.7. The third-order valence-electron chi connectivity index (χ3n) is 4.06. The number of ether oxygens (including phenoxy) is 2. The molecular weight excluding hydrogens is 375 g/mol. The fraction of sp³-hybridized carbons (Fsp3) is 0.136. The van der Waals surface area contributed by atoms with Crippen LogP contribution in [0.5, 0.6) is 5.75 Å². The van der Waals surface area contributed by atoms with E-state index in [0.29, 0.717) is 6.54 Å². The van der Waals surface area contributed by atoms with E-state index in [2.05, 4.69) is 5.10 Å². The summed E-state index contributed by atoms with van der Waals surface area (Å²) in [5.74, 6) is -1.61. The third-order valence-corrected chi connectivity index (χ3v) is 4.06. The number of carbonyl (C=O) groups excluding carboxylic acids is 2. The Morgan fingerprint density at radius 3 is 2.72 bits per heavy atom. The van der Waals surface area contributed by atoms with Crippen LogP contribution in [-0.2, 0) is 16.1 Å². The second-order valence-electron chi connectivity index (χ2n) is 6.17. The molecule has 6 nitrogen and oxygen atoms in total. The molecule has 0 saturated heterocycles. The molecule has 148 valence electrons. The van der Waals surface area contributed by atoms with E-state index >= 15 is 0 Å². The lowest BCUT2D eigenvalue weighted by Gasteiger charge is -2.07. The topological polar surface area (TPSA) is 70.4 Å². The highest BCUT2D eigenvalue weighted by Crippen LogP contribution is 2.20. The molecule has 0 aliphatic carbocycles. The molecule has 0 saturated carbocycles. The second-order valence-corrected chi connectivity index (χ2v) is 6.17. The van der Waals surface area contributed by atoms with Crippen LogP contribution in [0.25, 0.3) is 6.08 Å². The Morgan fingerprint density at radius 1 is 1.17 bits per heavy atom. The molecule has 3 rings (SSSR count). The third kappa shape index (κ3) is 5.62. The molecule has 0 fully saturated rings. The highest BCUT2D eigenvalue weighted by molar-refractivity contribution is 6.01. The van der Waals surface area contributed by atoms with Crippen LogP contribution in [0.3, 0.4) is 0 Å². The van der Waals surface area contributed by atoms with Gasteiger partial charge in [-0.2, -0.15) is 5.10 Å². The quantitative estimate of drug-likeness (QED) is 0.332. The molecule has 0 spiro atoms. The Bertz CT molecular complexity index is 1030. The first-order valence-corrected chi connectivity index (χ1v) is 8.83. The minimum Gasteiger partial charge on any atom is -0.496 e. The molecule has 0 N–H and O–H groups in total. The van der Waals surface area contributed by atoms with Crippen molar-refractivity contribution in [2.45, 2.75) is 6.54 Å². The Balaban J connectivity index is 1.54. The van der Waals surface area contributed by atoms with Gasteiger partial charge in [0.15, 0.2) is 6.61 Å². The number of Topliss-reactive ketones (excluding diaryl/α,β-unsaturated/α-hetero) is 1. The van der Waals surface area contributed by atoms with Gasteiger partial charge in [0, 0.05) is 17.8 Å². The number of aromatic nitrogens is 2. The van der Waals surface area contributed by atoms with E-state index in [1.165, 1.54) is 25.3 Å². The smallest absolute Gasteiger partial charge is 0.331 e. The van der Waals surface area contributed by atoms with Crippen LogP contribution in [0.4, 0.5) is 4.39 Å². The van der Waals surface area contributed by atoms with Crippen molar-refractivity contribution in [3.8, 4) is 5.75 Å². The molecular formula is C22H19FN2O4. The van der Waals surface area contributed by atoms with Crippen molar-refractivity contribution in [2.75, 3.05) is 13.7 Å². The molecule has 0 atom stereocenters. The van der Waals surface area contributed by atoms with Gasteiger partial charge in [0.1, 0.15) is 11.6 Å². The van der Waals surface area contributed by atoms with E-state index in [9.17, 15) is 14.0 Å². The maximum Gasteiger partial charge on any atom is 0.331 e. The van der Waals surface area contributed by atoms with Crippen LogP contribution < -0.4 is 4.74 Å². The Hall–Kier alpha value is -3.74. The van der Waals surface area contributed by atoms with Gasteiger partial charge in [-0.25, -0.2) is 9.18 Å². The summed E-state index contributed by atoms with van der Waals surface area (Å²) < 4.78 is 25.1. The standard InChI is InChI=1S/C22H19FN2O4/c1-28-21-9-8-18(23)11-19(21)20(26)15-29-22(27)10-7-17-12-24-25(14-17)13-16-5-3-2-4-6-16/h2-12,14H,13,15H2,1H3/b10-7+. The van der Waals surface area contributed by atoms with Crippen LogP contribution in [0.2, 0.25) is 0 Å². The molecule has 0 bridgehead atoms. The summed E-state index contributed by atoms with van der Waals surface area (Å²) in [5.41, 5.74) is 1.85. The van der Waals surface area contributed by atoms with Crippen molar-refractivity contribution in [1.29, 1.82) is 0 Å². The predicted octanol–water partition coefficient (Wildman–Crippen LogP) is 3.52. The van der Waals surface area contributed by atoms with Gasteiger partial charge in [-0.15, -0.1) is 0 Å². The van der Waals surface area contributed by atoms with E-state index < -0.39 is 24.2 Å². The fourth-order valence-electron chi connectivity index (χ4n) is 2.65. The summed E-state index contributed by atoms with van der Waals surface area (Å²) in [6.45, 7) is 0.0966. The number of esters is 1. The molecule has 0 aliphatic heterocycles. The molecule has 0 amide bonds. The maximum absolute atomic E-state index is 13.4. The van der Waals surface area contributed by atoms with Gasteiger partial charge in [-0.1, -0.05) is 30.3 Å². The number of carbonyl (C=O) groups is 2. The number of halogens is 1. The zero-order chi connectivity index (χ0) is 20.6. The fourth-order valence-corrected chi connectivity index (χ4v) is 2.65. The number of hydrogen-bond donors (Lipinski definition) is 0. The lowest BCUT2D eigenvalue weighted by molar-refractivity contribution is -0.136. The summed E-state index contributed by atoms with van der Waals surface area (Å²) in [5, 5.41) is 4.24. The van der Waals surface area contributed by atoms with Crippen molar-refractivity contribution in [2.24, 2.45) is 0 Å². The first-order valence-electron chi connectivity index (χ1n) is 8.83. The van der Waals surface area contributed by atoms with E-state index in [0.717, 1.165) is 17.2 Å². The van der Waals surface area contributed by atoms with Gasteiger partial charge in [0.2, 0.25) is 5.78 Å². The average Bonchev–Trinajstić information content (AvgIpc) is 3.18. The molecule has 0 radical (unpaired) electrons. The summed E-state index contributed by atoms with van der Waals surface area (Å²) in [6.07, 6.45) is 6.17. The highest BCUT2D eigenvalue weighted by Gasteiger charge is 2.15. The van der Waals surface area contributed by atoms with Gasteiger partial charge in [0.25, 0.3) is 0 Å². The molecule has 0 aliphatic rings. The summed E-state index contributed by atoms with van der Waals surface area (Å²) in [6, 6.07) is 13.4. The Morgan fingerprint density at radius 2 is 1.97 bits per heavy atom. The van der Waals surface area contributed by atoms with Gasteiger partial charge in [-0.05, 0) is 29.8 Å². The number of rotatable bonds is 8. The highest BCUT2D eigenvalue weighted by atomic mass is 19.1. The lowest BCUT2D eigenvalue weighted by atomic mass is 10.1. The van der Waals surface area contributed by atoms with E-state index in [4.69, 9.17) is 9.47 Å². The van der Waals surface area contributed by atoms with E-state index in [1.807, 2.05) is 30.3 Å². The van der Waals surface area contributed by atoms with Crippen molar-refractivity contribution in [3.63, 3.8) is 0 Å².